The van der Waals surface area contributed by atoms with Crippen LogP contribution in [0.2, 0.25) is 0 Å². The van der Waals surface area contributed by atoms with Crippen molar-refractivity contribution in [2.24, 2.45) is 5.92 Å². The van der Waals surface area contributed by atoms with E-state index in [0.717, 1.165) is 6.92 Å². The number of rotatable bonds is 10. The van der Waals surface area contributed by atoms with Gasteiger partial charge in [0.05, 0.1) is 0 Å². The summed E-state index contributed by atoms with van der Waals surface area (Å²) in [6.45, 7) is 0.806. The van der Waals surface area contributed by atoms with Crippen LogP contribution in [0.15, 0.2) is 0 Å². The first kappa shape index (κ1) is 30.6. The van der Waals surface area contributed by atoms with Crippen LogP contribution in [0.25, 0.3) is 0 Å². The number of phosphoric acid groups is 5. The van der Waals surface area contributed by atoms with Crippen LogP contribution in [0, 0.1) is 5.92 Å². The Labute approximate surface area is 177 Å². The highest BCUT2D eigenvalue weighted by Crippen LogP contribution is 2.56. The Balaban J connectivity index is 3.77. The highest BCUT2D eigenvalue weighted by atomic mass is 31.2. The van der Waals surface area contributed by atoms with Crippen molar-refractivity contribution in [1.82, 2.24) is 0 Å². The molecule has 0 aliphatic heterocycles. The van der Waals surface area contributed by atoms with E-state index in [-0.39, 0.29) is 0 Å². The molecule has 25 heteroatoms. The van der Waals surface area contributed by atoms with Gasteiger partial charge in [0, 0.05) is 5.92 Å². The molecule has 1 saturated carbocycles. The van der Waals surface area contributed by atoms with E-state index in [1.807, 2.05) is 0 Å². The highest BCUT2D eigenvalue weighted by Gasteiger charge is 2.59. The topological polar surface area (TPSA) is 334 Å². The first-order chi connectivity index (χ1) is 13.9. The summed E-state index contributed by atoms with van der Waals surface area (Å²) in [5.74, 6) is -1.89. The Bertz CT molecular complexity index is 826. The minimum atomic E-state index is -5.78. The summed E-state index contributed by atoms with van der Waals surface area (Å²) in [6.07, 6.45) is -12.9. The normalized spacial score (nSPS) is 31.0. The van der Waals surface area contributed by atoms with Crippen LogP contribution < -0.4 is 0 Å². The van der Waals surface area contributed by atoms with Gasteiger partial charge in [-0.25, -0.2) is 22.8 Å². The smallest absolute Gasteiger partial charge is 0.303 e. The molecule has 32 heavy (non-hydrogen) atoms. The second-order valence-corrected chi connectivity index (χ2v) is 12.1. The maximum Gasteiger partial charge on any atom is 0.470 e. The SMILES string of the molecule is CC1[C@@H](OP(=O)(O)O)[C@H](OP(=O)(O)O)C(OP(=O)(O)O)[C@@H](OP(=O)(O)O)[C@H]1OP(=O)(O)O. The summed E-state index contributed by atoms with van der Waals surface area (Å²) in [6, 6.07) is 0. The van der Waals surface area contributed by atoms with Crippen LogP contribution in [0.5, 0.6) is 0 Å². The van der Waals surface area contributed by atoms with Crippen molar-refractivity contribution in [3.05, 3.63) is 0 Å². The van der Waals surface area contributed by atoms with Crippen molar-refractivity contribution in [2.45, 2.75) is 37.4 Å². The molecule has 1 fully saturated rings. The lowest BCUT2D eigenvalue weighted by atomic mass is 9.79. The molecule has 20 nitrogen and oxygen atoms in total. The summed E-state index contributed by atoms with van der Waals surface area (Å²) < 4.78 is 78.0. The van der Waals surface area contributed by atoms with Crippen molar-refractivity contribution >= 4 is 39.1 Å². The molecular formula is C7H19O20P5. The van der Waals surface area contributed by atoms with Gasteiger partial charge in [0.25, 0.3) is 0 Å². The number of hydrogen-bond donors (Lipinski definition) is 10. The third kappa shape index (κ3) is 10.9. The van der Waals surface area contributed by atoms with E-state index >= 15 is 0 Å². The summed E-state index contributed by atoms with van der Waals surface area (Å²) in [7, 11) is -28.4. The highest BCUT2D eigenvalue weighted by molar-refractivity contribution is 7.47. The van der Waals surface area contributed by atoms with Crippen LogP contribution in [-0.4, -0.2) is 79.5 Å². The molecule has 0 aromatic heterocycles. The molecule has 0 saturated heterocycles. The molecular weight excluding hydrogens is 559 g/mol. The third-order valence-electron chi connectivity index (χ3n) is 3.63. The van der Waals surface area contributed by atoms with E-state index in [4.69, 9.17) is 48.9 Å². The van der Waals surface area contributed by atoms with E-state index in [9.17, 15) is 22.8 Å². The molecule has 0 radical (unpaired) electrons. The molecule has 0 amide bonds. The average molecular weight is 578 g/mol. The van der Waals surface area contributed by atoms with Gasteiger partial charge in [0.1, 0.15) is 30.5 Å². The molecule has 192 valence electrons. The minimum Gasteiger partial charge on any atom is -0.303 e. The van der Waals surface area contributed by atoms with E-state index in [1.54, 1.807) is 0 Å². The van der Waals surface area contributed by atoms with Gasteiger partial charge in [0.15, 0.2) is 0 Å². The van der Waals surface area contributed by atoms with Crippen molar-refractivity contribution in [1.29, 1.82) is 0 Å². The lowest BCUT2D eigenvalue weighted by Gasteiger charge is -2.47. The summed E-state index contributed by atoms with van der Waals surface area (Å²) in [5, 5.41) is 0. The fourth-order valence-corrected chi connectivity index (χ4v) is 5.74. The van der Waals surface area contributed by atoms with Crippen LogP contribution in [0.4, 0.5) is 0 Å². The fourth-order valence-electron chi connectivity index (χ4n) is 2.81. The molecule has 0 spiro atoms. The zero-order chi connectivity index (χ0) is 25.5. The molecule has 10 N–H and O–H groups in total. The Morgan fingerprint density at radius 2 is 0.562 bits per heavy atom. The third-order valence-corrected chi connectivity index (χ3v) is 6.22. The molecule has 1 aliphatic carbocycles. The zero-order valence-corrected chi connectivity index (χ0v) is 19.7. The Morgan fingerprint density at radius 1 is 0.406 bits per heavy atom. The van der Waals surface area contributed by atoms with Crippen LogP contribution in [0.1, 0.15) is 6.92 Å². The number of phosphoric ester groups is 5. The van der Waals surface area contributed by atoms with Gasteiger partial charge in [0.2, 0.25) is 0 Å². The average Bonchev–Trinajstić information content (AvgIpc) is 2.45. The Hall–Kier alpha value is 0.550. The van der Waals surface area contributed by atoms with E-state index in [2.05, 4.69) is 22.6 Å². The first-order valence-corrected chi connectivity index (χ1v) is 15.2. The van der Waals surface area contributed by atoms with E-state index in [0.29, 0.717) is 0 Å². The van der Waals surface area contributed by atoms with Gasteiger partial charge in [-0.1, -0.05) is 6.92 Å². The molecule has 0 heterocycles. The van der Waals surface area contributed by atoms with Gasteiger partial charge in [-0.2, -0.15) is 0 Å². The van der Waals surface area contributed by atoms with Gasteiger partial charge in [-0.3, -0.25) is 22.6 Å². The lowest BCUT2D eigenvalue weighted by Crippen LogP contribution is -2.62. The van der Waals surface area contributed by atoms with E-state index < -0.39 is 75.6 Å². The molecule has 2 unspecified atom stereocenters. The zero-order valence-electron chi connectivity index (χ0n) is 15.3. The predicted octanol–water partition coefficient (Wildman–Crippen LogP) is -1.97. The van der Waals surface area contributed by atoms with Gasteiger partial charge in [-0.15, -0.1) is 0 Å². The van der Waals surface area contributed by atoms with Crippen LogP contribution in [-0.2, 0) is 45.4 Å². The lowest BCUT2D eigenvalue weighted by molar-refractivity contribution is -0.181. The molecule has 1 aliphatic rings. The summed E-state index contributed by atoms with van der Waals surface area (Å²) in [5.41, 5.74) is 0. The van der Waals surface area contributed by atoms with Crippen molar-refractivity contribution in [3.8, 4) is 0 Å². The molecule has 0 aromatic carbocycles. The van der Waals surface area contributed by atoms with Gasteiger partial charge in [-0.05, 0) is 0 Å². The summed E-state index contributed by atoms with van der Waals surface area (Å²) in [4.78, 5) is 91.0. The second-order valence-electron chi connectivity index (χ2n) is 6.16. The van der Waals surface area contributed by atoms with Crippen molar-refractivity contribution in [3.63, 3.8) is 0 Å². The molecule has 6 atom stereocenters. The number of hydrogen-bond acceptors (Lipinski definition) is 10. The summed E-state index contributed by atoms with van der Waals surface area (Å²) >= 11 is 0. The maximum atomic E-state index is 11.4. The van der Waals surface area contributed by atoms with Gasteiger partial charge >= 0.3 is 39.1 Å². The molecule has 0 aromatic rings. The fraction of sp³-hybridized carbons (Fsp3) is 1.00. The van der Waals surface area contributed by atoms with Crippen molar-refractivity contribution in [2.75, 3.05) is 0 Å². The predicted molar refractivity (Wildman–Crippen MR) is 93.7 cm³/mol. The maximum absolute atomic E-state index is 11.4. The monoisotopic (exact) mass is 578 g/mol. The Morgan fingerprint density at radius 3 is 0.750 bits per heavy atom. The Kier molecular flexibility index (Phi) is 9.81. The first-order valence-electron chi connectivity index (χ1n) is 7.58. The minimum absolute atomic E-state index is 0.806. The molecule has 0 bridgehead atoms. The van der Waals surface area contributed by atoms with E-state index in [1.165, 1.54) is 0 Å². The quantitative estimate of drug-likeness (QED) is 0.126. The van der Waals surface area contributed by atoms with Crippen LogP contribution in [0.3, 0.4) is 0 Å². The molecule has 1 rings (SSSR count). The second kappa shape index (κ2) is 10.3. The van der Waals surface area contributed by atoms with Gasteiger partial charge < -0.3 is 48.9 Å². The van der Waals surface area contributed by atoms with Crippen molar-refractivity contribution < 1.29 is 94.4 Å². The largest absolute Gasteiger partial charge is 0.470 e. The van der Waals surface area contributed by atoms with Crippen LogP contribution >= 0.6 is 39.1 Å². The standard InChI is InChI=1S/C7H19O20P5/c1-2-3(23-28(8,9)10)5(25-30(14,15)16)7(27-32(20,21)22)6(26-31(17,18)19)4(2)24-29(11,12)13/h2-7H,1H3,(H2,8,9,10)(H2,11,12,13)(H2,14,15,16)(H2,17,18,19)(H2,20,21,22)/t2?,3-,4+,5-,6-,7?/m0/s1.